The first-order valence-corrected chi connectivity index (χ1v) is 3.78. The van der Waals surface area contributed by atoms with Crippen LogP contribution in [0.15, 0.2) is 6.20 Å². The Morgan fingerprint density at radius 2 is 2.40 bits per heavy atom. The number of hydrogen-bond acceptors (Lipinski definition) is 2. The maximum absolute atomic E-state index is 3.70. The molecule has 10 heavy (non-hydrogen) atoms. The number of aromatic amines is 1. The molecule has 1 aromatic rings. The molecular weight excluding hydrogens is 126 g/mol. The van der Waals surface area contributed by atoms with E-state index in [1.54, 1.807) is 6.20 Å². The average Bonchev–Trinajstić information content (AvgIpc) is 2.41. The van der Waals surface area contributed by atoms with Crippen molar-refractivity contribution in [3.63, 3.8) is 0 Å². The molecule has 1 rings (SSSR count). The summed E-state index contributed by atoms with van der Waals surface area (Å²) in [6, 6.07) is 0. The van der Waals surface area contributed by atoms with E-state index < -0.39 is 0 Å². The monoisotopic (exact) mass is 139 g/mol. The van der Waals surface area contributed by atoms with Gasteiger partial charge in [-0.3, -0.25) is 5.10 Å². The van der Waals surface area contributed by atoms with Crippen molar-refractivity contribution in [1.82, 2.24) is 15.4 Å². The highest BCUT2D eigenvalue weighted by molar-refractivity contribution is 4.89. The van der Waals surface area contributed by atoms with Gasteiger partial charge in [-0.05, 0) is 12.8 Å². The van der Waals surface area contributed by atoms with Crippen LogP contribution in [0.25, 0.3) is 0 Å². The predicted octanol–water partition coefficient (Wildman–Crippen LogP) is 1.54. The number of aromatic nitrogens is 3. The van der Waals surface area contributed by atoms with E-state index in [0.29, 0.717) is 0 Å². The summed E-state index contributed by atoms with van der Waals surface area (Å²) in [5.74, 6) is 0. The van der Waals surface area contributed by atoms with E-state index in [0.717, 1.165) is 12.1 Å². The fraction of sp³-hybridized carbons (Fsp3) is 0.714. The van der Waals surface area contributed by atoms with Crippen molar-refractivity contribution in [3.8, 4) is 0 Å². The van der Waals surface area contributed by atoms with Gasteiger partial charge in [0.05, 0.1) is 11.9 Å². The van der Waals surface area contributed by atoms with E-state index in [2.05, 4.69) is 22.3 Å². The summed E-state index contributed by atoms with van der Waals surface area (Å²) in [4.78, 5) is 0. The minimum Gasteiger partial charge on any atom is -0.262 e. The first-order valence-electron chi connectivity index (χ1n) is 3.78. The predicted molar refractivity (Wildman–Crippen MR) is 39.6 cm³/mol. The Hall–Kier alpha value is -0.860. The first kappa shape index (κ1) is 7.25. The van der Waals surface area contributed by atoms with Crippen molar-refractivity contribution in [2.75, 3.05) is 0 Å². The minimum atomic E-state index is 1.08. The summed E-state index contributed by atoms with van der Waals surface area (Å²) < 4.78 is 0. The topological polar surface area (TPSA) is 41.6 Å². The lowest BCUT2D eigenvalue weighted by molar-refractivity contribution is 0.705. The zero-order valence-electron chi connectivity index (χ0n) is 6.30. The Morgan fingerprint density at radius 3 is 3.00 bits per heavy atom. The fourth-order valence-electron chi connectivity index (χ4n) is 0.906. The third kappa shape index (κ3) is 2.17. The van der Waals surface area contributed by atoms with Crippen LogP contribution in [0, 0.1) is 0 Å². The van der Waals surface area contributed by atoms with Gasteiger partial charge in [0.2, 0.25) is 0 Å². The van der Waals surface area contributed by atoms with E-state index in [9.17, 15) is 0 Å². The molecule has 3 heteroatoms. The maximum atomic E-state index is 3.70. The standard InChI is InChI=1S/C7H13N3/c1-2-3-4-5-7-6-8-10-9-7/h6H,2-5H2,1H3,(H,8,9,10). The SMILES string of the molecule is CCCCCc1cnn[nH]1. The molecule has 0 saturated heterocycles. The molecule has 0 aliphatic rings. The summed E-state index contributed by atoms with van der Waals surface area (Å²) in [7, 11) is 0. The second-order valence-corrected chi connectivity index (χ2v) is 2.44. The van der Waals surface area contributed by atoms with Gasteiger partial charge >= 0.3 is 0 Å². The fourth-order valence-corrected chi connectivity index (χ4v) is 0.906. The average molecular weight is 139 g/mol. The molecule has 0 unspecified atom stereocenters. The molecule has 56 valence electrons. The van der Waals surface area contributed by atoms with E-state index in [-0.39, 0.29) is 0 Å². The van der Waals surface area contributed by atoms with Crippen LogP contribution >= 0.6 is 0 Å². The van der Waals surface area contributed by atoms with Gasteiger partial charge in [-0.2, -0.15) is 0 Å². The lowest BCUT2D eigenvalue weighted by atomic mass is 10.2. The van der Waals surface area contributed by atoms with Crippen LogP contribution in [0.2, 0.25) is 0 Å². The zero-order chi connectivity index (χ0) is 7.23. The number of H-pyrrole nitrogens is 1. The van der Waals surface area contributed by atoms with Gasteiger partial charge in [0.15, 0.2) is 0 Å². The summed E-state index contributed by atoms with van der Waals surface area (Å²) in [5, 5.41) is 10.2. The molecule has 1 aromatic heterocycles. The van der Waals surface area contributed by atoms with Crippen LogP contribution in [0.1, 0.15) is 31.9 Å². The molecular formula is C7H13N3. The van der Waals surface area contributed by atoms with Crippen LogP contribution in [0.3, 0.4) is 0 Å². The van der Waals surface area contributed by atoms with Crippen LogP contribution in [0.4, 0.5) is 0 Å². The van der Waals surface area contributed by atoms with E-state index in [1.165, 1.54) is 19.3 Å². The van der Waals surface area contributed by atoms with Crippen LogP contribution < -0.4 is 0 Å². The highest BCUT2D eigenvalue weighted by Crippen LogP contribution is 2.00. The van der Waals surface area contributed by atoms with Gasteiger partial charge in [-0.1, -0.05) is 25.0 Å². The van der Waals surface area contributed by atoms with Crippen molar-refractivity contribution in [1.29, 1.82) is 0 Å². The summed E-state index contributed by atoms with van der Waals surface area (Å²) in [6.07, 6.45) is 6.66. The number of hydrogen-bond donors (Lipinski definition) is 1. The molecule has 0 amide bonds. The Kier molecular flexibility index (Phi) is 2.93. The summed E-state index contributed by atoms with van der Waals surface area (Å²) >= 11 is 0. The molecule has 3 nitrogen and oxygen atoms in total. The van der Waals surface area contributed by atoms with Gasteiger partial charge < -0.3 is 0 Å². The van der Waals surface area contributed by atoms with Gasteiger partial charge in [-0.15, -0.1) is 5.10 Å². The molecule has 0 atom stereocenters. The normalized spacial score (nSPS) is 10.1. The zero-order valence-corrected chi connectivity index (χ0v) is 6.30. The Balaban J connectivity index is 2.15. The van der Waals surface area contributed by atoms with Gasteiger partial charge in [0.1, 0.15) is 0 Å². The Morgan fingerprint density at radius 1 is 1.50 bits per heavy atom. The number of unbranched alkanes of at least 4 members (excludes halogenated alkanes) is 2. The third-order valence-electron chi connectivity index (χ3n) is 1.51. The second-order valence-electron chi connectivity index (χ2n) is 2.44. The molecule has 0 aliphatic carbocycles. The Bertz CT molecular complexity index is 157. The lowest BCUT2D eigenvalue weighted by Gasteiger charge is -1.92. The highest BCUT2D eigenvalue weighted by Gasteiger charge is 1.92. The van der Waals surface area contributed by atoms with Gasteiger partial charge in [-0.25, -0.2) is 0 Å². The van der Waals surface area contributed by atoms with Crippen LogP contribution in [0.5, 0.6) is 0 Å². The van der Waals surface area contributed by atoms with E-state index >= 15 is 0 Å². The molecule has 1 heterocycles. The maximum Gasteiger partial charge on any atom is 0.0722 e. The quantitative estimate of drug-likeness (QED) is 0.643. The lowest BCUT2D eigenvalue weighted by Crippen LogP contribution is -1.84. The number of nitrogens with zero attached hydrogens (tertiary/aromatic N) is 2. The summed E-state index contributed by atoms with van der Waals surface area (Å²) in [5.41, 5.74) is 1.15. The van der Waals surface area contributed by atoms with Crippen molar-refractivity contribution < 1.29 is 0 Å². The largest absolute Gasteiger partial charge is 0.262 e. The molecule has 1 N–H and O–H groups in total. The van der Waals surface area contributed by atoms with E-state index in [4.69, 9.17) is 0 Å². The molecule has 0 aliphatic heterocycles. The second kappa shape index (κ2) is 4.04. The summed E-state index contributed by atoms with van der Waals surface area (Å²) in [6.45, 7) is 2.20. The molecule has 0 bridgehead atoms. The molecule has 0 fully saturated rings. The molecule has 0 aromatic carbocycles. The highest BCUT2D eigenvalue weighted by atomic mass is 15.3. The number of aryl methyl sites for hydroxylation is 1. The van der Waals surface area contributed by atoms with Crippen LogP contribution in [-0.2, 0) is 6.42 Å². The van der Waals surface area contributed by atoms with Crippen molar-refractivity contribution in [2.24, 2.45) is 0 Å². The van der Waals surface area contributed by atoms with Crippen LogP contribution in [-0.4, -0.2) is 15.4 Å². The molecule has 0 spiro atoms. The minimum absolute atomic E-state index is 1.08. The molecule has 0 saturated carbocycles. The smallest absolute Gasteiger partial charge is 0.0722 e. The number of nitrogens with one attached hydrogen (secondary N) is 1. The third-order valence-corrected chi connectivity index (χ3v) is 1.51. The van der Waals surface area contributed by atoms with Crippen molar-refractivity contribution in [3.05, 3.63) is 11.9 Å². The van der Waals surface area contributed by atoms with Gasteiger partial charge in [0, 0.05) is 0 Å². The van der Waals surface area contributed by atoms with Crippen molar-refractivity contribution in [2.45, 2.75) is 32.6 Å². The molecule has 0 radical (unpaired) electrons. The number of rotatable bonds is 4. The van der Waals surface area contributed by atoms with E-state index in [1.807, 2.05) is 0 Å². The van der Waals surface area contributed by atoms with Gasteiger partial charge in [0.25, 0.3) is 0 Å². The first-order chi connectivity index (χ1) is 4.93. The van der Waals surface area contributed by atoms with Crippen molar-refractivity contribution >= 4 is 0 Å². The Labute approximate surface area is 60.8 Å².